The van der Waals surface area contributed by atoms with Gasteiger partial charge in [-0.05, 0) is 61.6 Å². The van der Waals surface area contributed by atoms with Gasteiger partial charge in [-0.2, -0.15) is 13.2 Å². The Balaban J connectivity index is 1.37. The number of imidazole rings is 1. The van der Waals surface area contributed by atoms with Crippen LogP contribution in [0.3, 0.4) is 0 Å². The van der Waals surface area contributed by atoms with Gasteiger partial charge in [0.15, 0.2) is 0 Å². The van der Waals surface area contributed by atoms with Crippen LogP contribution in [0.2, 0.25) is 0 Å². The van der Waals surface area contributed by atoms with Crippen LogP contribution in [-0.2, 0) is 22.1 Å². The highest BCUT2D eigenvalue weighted by molar-refractivity contribution is 5.79. The first kappa shape index (κ1) is 22.8. The van der Waals surface area contributed by atoms with Crippen LogP contribution in [0.4, 0.5) is 17.6 Å². The van der Waals surface area contributed by atoms with Crippen LogP contribution in [0.1, 0.15) is 54.8 Å². The van der Waals surface area contributed by atoms with Gasteiger partial charge in [-0.3, -0.25) is 4.79 Å². The predicted molar refractivity (Wildman–Crippen MR) is 118 cm³/mol. The lowest BCUT2D eigenvalue weighted by Crippen LogP contribution is -2.40. The maximum absolute atomic E-state index is 13.3. The number of piperidine rings is 1. The molecule has 0 spiro atoms. The van der Waals surface area contributed by atoms with Crippen LogP contribution in [0.5, 0.6) is 0 Å². The van der Waals surface area contributed by atoms with Crippen molar-refractivity contribution in [3.63, 3.8) is 0 Å². The Morgan fingerprint density at radius 3 is 2.44 bits per heavy atom. The molecule has 1 amide bonds. The number of hydrogen-bond acceptors (Lipinski definition) is 3. The molecule has 0 aliphatic carbocycles. The number of ether oxygens (including phenoxy) is 1. The lowest BCUT2D eigenvalue weighted by atomic mass is 10.0. The van der Waals surface area contributed by atoms with Gasteiger partial charge >= 0.3 is 6.18 Å². The molecule has 5 rings (SSSR count). The maximum Gasteiger partial charge on any atom is 0.416 e. The molecule has 9 heteroatoms. The molecule has 2 aliphatic heterocycles. The number of fused-ring (bicyclic) bond motifs is 1. The number of hydrogen-bond donors (Lipinski definition) is 0. The third kappa shape index (κ3) is 4.53. The van der Waals surface area contributed by atoms with E-state index in [0.717, 1.165) is 30.5 Å². The van der Waals surface area contributed by atoms with Crippen molar-refractivity contribution in [3.05, 3.63) is 65.2 Å². The van der Waals surface area contributed by atoms with Crippen LogP contribution in [0.25, 0.3) is 11.0 Å². The van der Waals surface area contributed by atoms with Crippen molar-refractivity contribution in [2.45, 2.75) is 50.4 Å². The lowest BCUT2D eigenvalue weighted by molar-refractivity contribution is -0.137. The second-order valence-corrected chi connectivity index (χ2v) is 8.96. The van der Waals surface area contributed by atoms with Gasteiger partial charge in [0, 0.05) is 25.7 Å². The van der Waals surface area contributed by atoms with Gasteiger partial charge in [0.05, 0.1) is 23.0 Å². The first-order valence-electron chi connectivity index (χ1n) is 11.5. The molecular weight excluding hydrogens is 450 g/mol. The number of amides is 1. The molecule has 3 aromatic rings. The largest absolute Gasteiger partial charge is 0.416 e. The molecule has 2 fully saturated rings. The van der Waals surface area contributed by atoms with Crippen molar-refractivity contribution >= 4 is 16.9 Å². The van der Waals surface area contributed by atoms with E-state index in [0.29, 0.717) is 49.4 Å². The summed E-state index contributed by atoms with van der Waals surface area (Å²) < 4.78 is 60.8. The number of carbonyl (C=O) groups is 1. The average Bonchev–Trinajstić information content (AvgIpc) is 3.47. The minimum Gasteiger partial charge on any atom is -0.370 e. The Labute approximate surface area is 194 Å². The number of aromatic nitrogens is 2. The predicted octanol–water partition coefficient (Wildman–Crippen LogP) is 5.45. The number of nitrogens with zero attached hydrogens (tertiary/aromatic N) is 3. The minimum atomic E-state index is -4.43. The summed E-state index contributed by atoms with van der Waals surface area (Å²) in [5.41, 5.74) is 1.02. The zero-order chi connectivity index (χ0) is 23.9. The van der Waals surface area contributed by atoms with Crippen molar-refractivity contribution in [2.75, 3.05) is 19.7 Å². The van der Waals surface area contributed by atoms with Gasteiger partial charge < -0.3 is 14.2 Å². The van der Waals surface area contributed by atoms with E-state index in [2.05, 4.69) is 4.98 Å². The van der Waals surface area contributed by atoms with Crippen LogP contribution in [0.15, 0.2) is 42.5 Å². The van der Waals surface area contributed by atoms with Crippen LogP contribution in [-0.4, -0.2) is 40.1 Å². The highest BCUT2D eigenvalue weighted by Crippen LogP contribution is 2.38. The molecule has 3 heterocycles. The number of benzene rings is 2. The molecule has 1 unspecified atom stereocenters. The smallest absolute Gasteiger partial charge is 0.370 e. The first-order chi connectivity index (χ1) is 16.3. The fourth-order valence-corrected chi connectivity index (χ4v) is 4.95. The summed E-state index contributed by atoms with van der Waals surface area (Å²) in [7, 11) is 0. The summed E-state index contributed by atoms with van der Waals surface area (Å²) in [4.78, 5) is 19.1. The first-order valence-corrected chi connectivity index (χ1v) is 11.5. The third-order valence-electron chi connectivity index (χ3n) is 6.71. The molecule has 1 aromatic heterocycles. The van der Waals surface area contributed by atoms with Crippen LogP contribution < -0.4 is 0 Å². The van der Waals surface area contributed by atoms with Gasteiger partial charge in [-0.15, -0.1) is 0 Å². The molecule has 1 atom stereocenters. The van der Waals surface area contributed by atoms with Crippen LogP contribution >= 0.6 is 0 Å². The van der Waals surface area contributed by atoms with Crippen molar-refractivity contribution in [1.82, 2.24) is 14.5 Å². The quantitative estimate of drug-likeness (QED) is 0.472. The van der Waals surface area contributed by atoms with E-state index in [9.17, 15) is 22.4 Å². The SMILES string of the molecule is O=C(Cc1ccc(F)cc1)N1CCC(n2c(C3CCCO3)nc3cc(C(F)(F)F)ccc32)CC1. The van der Waals surface area contributed by atoms with E-state index in [1.807, 2.05) is 4.57 Å². The Morgan fingerprint density at radius 2 is 1.79 bits per heavy atom. The molecule has 34 heavy (non-hydrogen) atoms. The Hall–Kier alpha value is -2.94. The molecule has 0 N–H and O–H groups in total. The summed E-state index contributed by atoms with van der Waals surface area (Å²) in [6.45, 7) is 1.68. The molecule has 5 nitrogen and oxygen atoms in total. The summed E-state index contributed by atoms with van der Waals surface area (Å²) in [6.07, 6.45) is -1.45. The topological polar surface area (TPSA) is 47.4 Å². The number of likely N-dealkylation sites (tertiary alicyclic amines) is 1. The third-order valence-corrected chi connectivity index (χ3v) is 6.71. The van der Waals surface area contributed by atoms with E-state index >= 15 is 0 Å². The Bertz CT molecular complexity index is 1180. The van der Waals surface area contributed by atoms with Crippen molar-refractivity contribution in [3.8, 4) is 0 Å². The highest BCUT2D eigenvalue weighted by Gasteiger charge is 2.34. The zero-order valence-corrected chi connectivity index (χ0v) is 18.5. The normalized spacial score (nSPS) is 19.8. The molecular formula is C25H25F4N3O2. The van der Waals surface area contributed by atoms with Crippen molar-refractivity contribution < 1.29 is 27.1 Å². The van der Waals surface area contributed by atoms with E-state index in [4.69, 9.17) is 4.74 Å². The van der Waals surface area contributed by atoms with Gasteiger partial charge in [0.25, 0.3) is 0 Å². The molecule has 0 bridgehead atoms. The number of halogens is 4. The molecule has 180 valence electrons. The number of alkyl halides is 3. The monoisotopic (exact) mass is 475 g/mol. The average molecular weight is 475 g/mol. The molecule has 2 aliphatic rings. The number of carbonyl (C=O) groups excluding carboxylic acids is 1. The van der Waals surface area contributed by atoms with Crippen molar-refractivity contribution in [2.24, 2.45) is 0 Å². The Kier molecular flexibility index (Phi) is 6.06. The summed E-state index contributed by atoms with van der Waals surface area (Å²) in [6, 6.07) is 9.62. The standard InChI is InChI=1S/C25H25F4N3O2/c26-18-6-3-16(4-7-18)14-23(33)31-11-9-19(10-12-31)32-21-8-5-17(25(27,28)29)15-20(21)30-24(32)22-2-1-13-34-22/h3-8,15,19,22H,1-2,9-14H2. The van der Waals surface area contributed by atoms with Crippen molar-refractivity contribution in [1.29, 1.82) is 0 Å². The molecule has 2 saturated heterocycles. The Morgan fingerprint density at radius 1 is 1.06 bits per heavy atom. The van der Waals surface area contributed by atoms with Gasteiger partial charge in [-0.25, -0.2) is 9.37 Å². The summed E-state index contributed by atoms with van der Waals surface area (Å²) in [5, 5.41) is 0. The second-order valence-electron chi connectivity index (χ2n) is 8.96. The summed E-state index contributed by atoms with van der Waals surface area (Å²) >= 11 is 0. The van der Waals surface area contributed by atoms with E-state index in [1.54, 1.807) is 17.0 Å². The molecule has 2 aromatic carbocycles. The van der Waals surface area contributed by atoms with Gasteiger partial charge in [-0.1, -0.05) is 12.1 Å². The van der Waals surface area contributed by atoms with Gasteiger partial charge in [0.1, 0.15) is 17.7 Å². The van der Waals surface area contributed by atoms with Gasteiger partial charge in [0.2, 0.25) is 5.91 Å². The molecule has 0 radical (unpaired) electrons. The highest BCUT2D eigenvalue weighted by atomic mass is 19.4. The molecule has 0 saturated carbocycles. The second kappa shape index (κ2) is 9.02. The fourth-order valence-electron chi connectivity index (χ4n) is 4.95. The zero-order valence-electron chi connectivity index (χ0n) is 18.5. The fraction of sp³-hybridized carbons (Fsp3) is 0.440. The maximum atomic E-state index is 13.3. The van der Waals surface area contributed by atoms with E-state index < -0.39 is 11.7 Å². The lowest BCUT2D eigenvalue weighted by Gasteiger charge is -2.34. The van der Waals surface area contributed by atoms with E-state index in [-0.39, 0.29) is 30.3 Å². The van der Waals surface area contributed by atoms with E-state index in [1.165, 1.54) is 18.2 Å². The van der Waals surface area contributed by atoms with Crippen LogP contribution in [0, 0.1) is 5.82 Å². The summed E-state index contributed by atoms with van der Waals surface area (Å²) in [5.74, 6) is 0.312. The minimum absolute atomic E-state index is 0.0100. The number of rotatable bonds is 4.